The third kappa shape index (κ3) is 4.54. The molecule has 1 saturated heterocycles. The number of nitrogens with one attached hydrogen (secondary N) is 1. The fourth-order valence-electron chi connectivity index (χ4n) is 2.27. The summed E-state index contributed by atoms with van der Waals surface area (Å²) in [6.07, 6.45) is 3.30. The standard InChI is InChI=1S/C18H18N4O3S/c1-22(16-7-4-13(19)11-20-16)8-9-25-14-5-2-12(3-6-14)10-15-17(23)21-18(24)26-15/h2-7,10-11H,8-9,19H2,1H3,(H,21,23,24)/b15-10-. The number of aromatic nitrogens is 1. The number of pyridine rings is 1. The molecule has 2 aromatic rings. The Morgan fingerprint density at radius 1 is 1.23 bits per heavy atom. The van der Waals surface area contributed by atoms with E-state index in [2.05, 4.69) is 10.3 Å². The van der Waals surface area contributed by atoms with Crippen LogP contribution in [0.4, 0.5) is 16.3 Å². The van der Waals surface area contributed by atoms with Gasteiger partial charge >= 0.3 is 0 Å². The maximum Gasteiger partial charge on any atom is 0.290 e. The number of carbonyl (C=O) groups is 2. The zero-order valence-corrected chi connectivity index (χ0v) is 15.0. The molecule has 1 aliphatic rings. The van der Waals surface area contributed by atoms with Crippen LogP contribution in [0, 0.1) is 0 Å². The number of ether oxygens (including phenoxy) is 1. The molecule has 8 heteroatoms. The van der Waals surface area contributed by atoms with Crippen LogP contribution < -0.4 is 20.7 Å². The van der Waals surface area contributed by atoms with Crippen LogP contribution >= 0.6 is 11.8 Å². The molecule has 0 aliphatic carbocycles. The summed E-state index contributed by atoms with van der Waals surface area (Å²) < 4.78 is 5.73. The molecule has 0 unspecified atom stereocenters. The van der Waals surface area contributed by atoms with E-state index in [0.717, 1.165) is 28.9 Å². The van der Waals surface area contributed by atoms with Gasteiger partial charge in [-0.15, -0.1) is 0 Å². The maximum absolute atomic E-state index is 11.5. The molecule has 3 rings (SSSR count). The van der Waals surface area contributed by atoms with Gasteiger partial charge in [0.25, 0.3) is 11.1 Å². The zero-order valence-electron chi connectivity index (χ0n) is 14.1. The Kier molecular flexibility index (Phi) is 5.43. The maximum atomic E-state index is 11.5. The van der Waals surface area contributed by atoms with Crippen molar-refractivity contribution < 1.29 is 14.3 Å². The number of imide groups is 1. The van der Waals surface area contributed by atoms with E-state index in [-0.39, 0.29) is 11.1 Å². The van der Waals surface area contributed by atoms with Gasteiger partial charge in [-0.25, -0.2) is 4.98 Å². The molecule has 26 heavy (non-hydrogen) atoms. The predicted octanol–water partition coefficient (Wildman–Crippen LogP) is 2.50. The van der Waals surface area contributed by atoms with Crippen LogP contribution in [0.5, 0.6) is 5.75 Å². The van der Waals surface area contributed by atoms with E-state index in [4.69, 9.17) is 10.5 Å². The summed E-state index contributed by atoms with van der Waals surface area (Å²) in [5, 5.41) is 1.88. The average molecular weight is 370 g/mol. The summed E-state index contributed by atoms with van der Waals surface area (Å²) in [4.78, 5) is 29.3. The molecule has 3 N–H and O–H groups in total. The number of carbonyl (C=O) groups excluding carboxylic acids is 2. The van der Waals surface area contributed by atoms with Crippen LogP contribution in [-0.2, 0) is 4.79 Å². The van der Waals surface area contributed by atoms with Gasteiger partial charge in [-0.05, 0) is 47.7 Å². The van der Waals surface area contributed by atoms with Gasteiger partial charge in [-0.3, -0.25) is 14.9 Å². The first kappa shape index (κ1) is 17.8. The van der Waals surface area contributed by atoms with Crippen LogP contribution in [0.1, 0.15) is 5.56 Å². The number of amides is 2. The van der Waals surface area contributed by atoms with E-state index in [1.807, 2.05) is 48.3 Å². The third-order valence-electron chi connectivity index (χ3n) is 3.68. The highest BCUT2D eigenvalue weighted by atomic mass is 32.2. The molecule has 2 heterocycles. The van der Waals surface area contributed by atoms with Crippen LogP contribution in [-0.4, -0.2) is 36.3 Å². The van der Waals surface area contributed by atoms with Gasteiger partial charge < -0.3 is 15.4 Å². The minimum Gasteiger partial charge on any atom is -0.492 e. The second-order valence-electron chi connectivity index (χ2n) is 5.64. The van der Waals surface area contributed by atoms with Gasteiger partial charge in [0.1, 0.15) is 18.2 Å². The molecule has 7 nitrogen and oxygen atoms in total. The topological polar surface area (TPSA) is 97.5 Å². The fourth-order valence-corrected chi connectivity index (χ4v) is 2.95. The summed E-state index contributed by atoms with van der Waals surface area (Å²) in [6, 6.07) is 11.0. The Labute approximate surface area is 155 Å². The second kappa shape index (κ2) is 7.92. The number of likely N-dealkylation sites (N-methyl/N-ethyl adjacent to an activating group) is 1. The van der Waals surface area contributed by atoms with Crippen molar-refractivity contribution in [1.82, 2.24) is 10.3 Å². The molecule has 0 bridgehead atoms. The predicted molar refractivity (Wildman–Crippen MR) is 103 cm³/mol. The summed E-state index contributed by atoms with van der Waals surface area (Å²) in [5.41, 5.74) is 7.09. The van der Waals surface area contributed by atoms with Gasteiger partial charge in [0.2, 0.25) is 0 Å². The Morgan fingerprint density at radius 3 is 2.62 bits per heavy atom. The number of nitrogens with zero attached hydrogens (tertiary/aromatic N) is 2. The fraction of sp³-hybridized carbons (Fsp3) is 0.167. The lowest BCUT2D eigenvalue weighted by Gasteiger charge is -2.18. The Morgan fingerprint density at radius 2 is 2.00 bits per heavy atom. The molecule has 1 fully saturated rings. The largest absolute Gasteiger partial charge is 0.492 e. The lowest BCUT2D eigenvalue weighted by Crippen LogP contribution is -2.24. The van der Waals surface area contributed by atoms with Crippen molar-refractivity contribution in [2.75, 3.05) is 30.8 Å². The number of nitrogen functional groups attached to an aromatic ring is 1. The molecule has 2 amide bonds. The first-order valence-electron chi connectivity index (χ1n) is 7.91. The molecule has 0 atom stereocenters. The van der Waals surface area contributed by atoms with Crippen molar-refractivity contribution in [3.8, 4) is 5.75 Å². The minimum absolute atomic E-state index is 0.346. The number of hydrogen-bond acceptors (Lipinski definition) is 7. The zero-order chi connectivity index (χ0) is 18.5. The highest BCUT2D eigenvalue weighted by molar-refractivity contribution is 8.18. The SMILES string of the molecule is CN(CCOc1ccc(/C=C2\SC(=O)NC2=O)cc1)c1ccc(N)cn1. The summed E-state index contributed by atoms with van der Waals surface area (Å²) in [6.45, 7) is 1.16. The molecular formula is C18H18N4O3S. The Hall–Kier alpha value is -3.00. The van der Waals surface area contributed by atoms with E-state index in [9.17, 15) is 9.59 Å². The van der Waals surface area contributed by atoms with E-state index in [1.54, 1.807) is 12.3 Å². The molecule has 134 valence electrons. The number of anilines is 2. The van der Waals surface area contributed by atoms with Gasteiger partial charge in [0.05, 0.1) is 23.3 Å². The summed E-state index contributed by atoms with van der Waals surface area (Å²) >= 11 is 0.900. The smallest absolute Gasteiger partial charge is 0.290 e. The first-order chi connectivity index (χ1) is 12.5. The number of thioether (sulfide) groups is 1. The Bertz CT molecular complexity index is 835. The highest BCUT2D eigenvalue weighted by Crippen LogP contribution is 2.26. The highest BCUT2D eigenvalue weighted by Gasteiger charge is 2.24. The average Bonchev–Trinajstić information content (AvgIpc) is 2.94. The molecule has 1 aromatic heterocycles. The molecular weight excluding hydrogens is 352 g/mol. The minimum atomic E-state index is -0.361. The Balaban J connectivity index is 1.51. The summed E-state index contributed by atoms with van der Waals surface area (Å²) in [5.74, 6) is 1.19. The van der Waals surface area contributed by atoms with Crippen molar-refractivity contribution in [2.45, 2.75) is 0 Å². The van der Waals surface area contributed by atoms with E-state index in [1.165, 1.54) is 0 Å². The first-order valence-corrected chi connectivity index (χ1v) is 8.73. The quantitative estimate of drug-likeness (QED) is 0.754. The van der Waals surface area contributed by atoms with Crippen LogP contribution in [0.25, 0.3) is 6.08 Å². The van der Waals surface area contributed by atoms with E-state index in [0.29, 0.717) is 23.7 Å². The molecule has 0 radical (unpaired) electrons. The molecule has 1 aromatic carbocycles. The number of benzene rings is 1. The second-order valence-corrected chi connectivity index (χ2v) is 6.66. The van der Waals surface area contributed by atoms with Crippen LogP contribution in [0.15, 0.2) is 47.5 Å². The third-order valence-corrected chi connectivity index (χ3v) is 4.49. The van der Waals surface area contributed by atoms with Crippen molar-refractivity contribution in [3.63, 3.8) is 0 Å². The van der Waals surface area contributed by atoms with Crippen molar-refractivity contribution in [3.05, 3.63) is 53.1 Å². The van der Waals surface area contributed by atoms with Crippen molar-refractivity contribution in [1.29, 1.82) is 0 Å². The molecule has 1 aliphatic heterocycles. The monoisotopic (exact) mass is 370 g/mol. The van der Waals surface area contributed by atoms with Crippen LogP contribution in [0.3, 0.4) is 0 Å². The van der Waals surface area contributed by atoms with E-state index < -0.39 is 0 Å². The van der Waals surface area contributed by atoms with Gasteiger partial charge in [0.15, 0.2) is 0 Å². The summed E-state index contributed by atoms with van der Waals surface area (Å²) in [7, 11) is 1.93. The van der Waals surface area contributed by atoms with E-state index >= 15 is 0 Å². The van der Waals surface area contributed by atoms with Crippen molar-refractivity contribution in [2.24, 2.45) is 0 Å². The normalized spacial score (nSPS) is 15.2. The number of rotatable bonds is 6. The number of nitrogens with two attached hydrogens (primary N) is 1. The van der Waals surface area contributed by atoms with Gasteiger partial charge in [-0.1, -0.05) is 12.1 Å². The van der Waals surface area contributed by atoms with Gasteiger partial charge in [0, 0.05) is 7.05 Å². The number of hydrogen-bond donors (Lipinski definition) is 2. The van der Waals surface area contributed by atoms with Gasteiger partial charge in [-0.2, -0.15) is 0 Å². The van der Waals surface area contributed by atoms with Crippen molar-refractivity contribution >= 4 is 40.5 Å². The van der Waals surface area contributed by atoms with Crippen LogP contribution in [0.2, 0.25) is 0 Å². The molecule has 0 spiro atoms. The lowest BCUT2D eigenvalue weighted by molar-refractivity contribution is -0.115. The lowest BCUT2D eigenvalue weighted by atomic mass is 10.2. The molecule has 0 saturated carbocycles.